The van der Waals surface area contributed by atoms with Gasteiger partial charge in [-0.25, -0.2) is 4.39 Å². The molecule has 1 aromatic carbocycles. The van der Waals surface area contributed by atoms with Crippen LogP contribution in [-0.2, 0) is 9.59 Å². The zero-order valence-corrected chi connectivity index (χ0v) is 12.0. The van der Waals surface area contributed by atoms with E-state index in [4.69, 9.17) is 11.0 Å². The molecule has 0 aromatic heterocycles. The number of thioether (sulfide) groups is 1. The molecule has 1 aliphatic rings. The number of nitrogens with zero attached hydrogens (tertiary/aromatic N) is 2. The van der Waals surface area contributed by atoms with Crippen LogP contribution in [0.5, 0.6) is 0 Å². The molecule has 0 spiro atoms. The van der Waals surface area contributed by atoms with Gasteiger partial charge in [-0.2, -0.15) is 5.26 Å². The molecule has 5 nitrogen and oxygen atoms in total. The first-order valence-corrected chi connectivity index (χ1v) is 7.08. The lowest BCUT2D eigenvalue weighted by molar-refractivity contribution is -0.117. The van der Waals surface area contributed by atoms with Gasteiger partial charge in [-0.1, -0.05) is 18.7 Å². The molecule has 2 amide bonds. The highest BCUT2D eigenvalue weighted by Gasteiger charge is 2.39. The first-order valence-electron chi connectivity index (χ1n) is 6.20. The van der Waals surface area contributed by atoms with Crippen molar-refractivity contribution in [2.45, 2.75) is 18.6 Å². The van der Waals surface area contributed by atoms with Gasteiger partial charge >= 0.3 is 0 Å². The third-order valence-electron chi connectivity index (χ3n) is 2.98. The number of hydrogen-bond donors (Lipinski definition) is 1. The molecule has 2 rings (SSSR count). The zero-order valence-electron chi connectivity index (χ0n) is 11.2. The third-order valence-corrected chi connectivity index (χ3v) is 4.41. The van der Waals surface area contributed by atoms with Crippen LogP contribution in [0, 0.1) is 17.1 Å². The van der Waals surface area contributed by atoms with E-state index in [1.165, 1.54) is 29.2 Å². The minimum absolute atomic E-state index is 0.202. The Kier molecular flexibility index (Phi) is 4.29. The van der Waals surface area contributed by atoms with Crippen molar-refractivity contribution in [3.05, 3.63) is 40.7 Å². The standard InChI is InChI=1S/C14H12FN3O2S/c1-2-11-13(20)18(9-5-3-8(15)4-6-9)14(21-11)10(7-16)12(17)19/h3-6,11H,2H2,1H3,(H2,17,19)/b14-10+. The lowest BCUT2D eigenvalue weighted by atomic mass is 10.2. The van der Waals surface area contributed by atoms with Crippen molar-refractivity contribution in [3.8, 4) is 6.07 Å². The largest absolute Gasteiger partial charge is 0.365 e. The summed E-state index contributed by atoms with van der Waals surface area (Å²) in [5.41, 5.74) is 5.32. The SMILES string of the molecule is CCC1S/C(=C(\C#N)C(N)=O)N(c2ccc(F)cc2)C1=O. The summed E-state index contributed by atoms with van der Waals surface area (Å²) in [6.45, 7) is 1.83. The monoisotopic (exact) mass is 305 g/mol. The number of halogens is 1. The van der Waals surface area contributed by atoms with Gasteiger partial charge in [0.25, 0.3) is 5.91 Å². The minimum atomic E-state index is -0.892. The van der Waals surface area contributed by atoms with Crippen LogP contribution in [0.2, 0.25) is 0 Å². The number of primary amides is 1. The smallest absolute Gasteiger partial charge is 0.262 e. The molecular formula is C14H12FN3O2S. The van der Waals surface area contributed by atoms with Gasteiger partial charge in [0.15, 0.2) is 0 Å². The summed E-state index contributed by atoms with van der Waals surface area (Å²) >= 11 is 1.13. The molecule has 1 fully saturated rings. The van der Waals surface area contributed by atoms with Crippen molar-refractivity contribution in [2.24, 2.45) is 5.73 Å². The van der Waals surface area contributed by atoms with Crippen molar-refractivity contribution in [3.63, 3.8) is 0 Å². The summed E-state index contributed by atoms with van der Waals surface area (Å²) in [6.07, 6.45) is 0.544. The highest BCUT2D eigenvalue weighted by atomic mass is 32.2. The van der Waals surface area contributed by atoms with Gasteiger partial charge in [0.05, 0.1) is 5.25 Å². The molecule has 2 N–H and O–H groups in total. The molecule has 1 aliphatic heterocycles. The van der Waals surface area contributed by atoms with Crippen molar-refractivity contribution >= 4 is 29.3 Å². The van der Waals surface area contributed by atoms with E-state index in [9.17, 15) is 14.0 Å². The van der Waals surface area contributed by atoms with E-state index in [1.54, 1.807) is 6.07 Å². The number of hydrogen-bond acceptors (Lipinski definition) is 4. The number of carbonyl (C=O) groups excluding carboxylic acids is 2. The highest BCUT2D eigenvalue weighted by Crippen LogP contribution is 2.41. The Labute approximate surface area is 125 Å². The summed E-state index contributed by atoms with van der Waals surface area (Å²) in [5, 5.41) is 8.90. The fraction of sp³-hybridized carbons (Fsp3) is 0.214. The molecule has 1 unspecified atom stereocenters. The number of benzene rings is 1. The molecule has 1 saturated heterocycles. The summed E-state index contributed by atoms with van der Waals surface area (Å²) in [7, 11) is 0. The zero-order chi connectivity index (χ0) is 15.6. The average Bonchev–Trinajstić information content (AvgIpc) is 2.77. The van der Waals surface area contributed by atoms with Crippen LogP contribution < -0.4 is 10.6 Å². The van der Waals surface area contributed by atoms with Gasteiger partial charge in [-0.05, 0) is 30.7 Å². The Balaban J connectivity index is 2.58. The maximum absolute atomic E-state index is 13.0. The van der Waals surface area contributed by atoms with E-state index < -0.39 is 17.0 Å². The average molecular weight is 305 g/mol. The number of nitrogens with two attached hydrogens (primary N) is 1. The van der Waals surface area contributed by atoms with E-state index >= 15 is 0 Å². The van der Waals surface area contributed by atoms with E-state index in [2.05, 4.69) is 0 Å². The Morgan fingerprint density at radius 1 is 1.48 bits per heavy atom. The quantitative estimate of drug-likeness (QED) is 0.682. The van der Waals surface area contributed by atoms with Gasteiger partial charge in [-0.3, -0.25) is 14.5 Å². The Hall–Kier alpha value is -2.33. The van der Waals surface area contributed by atoms with Crippen molar-refractivity contribution in [2.75, 3.05) is 4.90 Å². The molecule has 1 heterocycles. The highest BCUT2D eigenvalue weighted by molar-refractivity contribution is 8.05. The van der Waals surface area contributed by atoms with Crippen LogP contribution in [0.1, 0.15) is 13.3 Å². The number of nitriles is 1. The third kappa shape index (κ3) is 2.76. The van der Waals surface area contributed by atoms with Crippen LogP contribution in [-0.4, -0.2) is 17.1 Å². The fourth-order valence-corrected chi connectivity index (χ4v) is 3.16. The van der Waals surface area contributed by atoms with Gasteiger partial charge < -0.3 is 5.73 Å². The normalized spacial score (nSPS) is 20.3. The van der Waals surface area contributed by atoms with Crippen LogP contribution in [0.25, 0.3) is 0 Å². The Morgan fingerprint density at radius 2 is 2.10 bits per heavy atom. The second-order valence-electron chi connectivity index (χ2n) is 4.32. The number of carbonyl (C=O) groups is 2. The first kappa shape index (κ1) is 15.1. The van der Waals surface area contributed by atoms with Crippen molar-refractivity contribution in [1.82, 2.24) is 0 Å². The summed E-state index contributed by atoms with van der Waals surface area (Å²) in [5.74, 6) is -1.58. The van der Waals surface area contributed by atoms with Gasteiger partial charge in [0.2, 0.25) is 5.91 Å². The maximum Gasteiger partial charge on any atom is 0.262 e. The molecule has 21 heavy (non-hydrogen) atoms. The predicted molar refractivity (Wildman–Crippen MR) is 77.4 cm³/mol. The van der Waals surface area contributed by atoms with E-state index in [1.807, 2.05) is 6.92 Å². The second kappa shape index (κ2) is 5.97. The van der Waals surface area contributed by atoms with Crippen LogP contribution in [0.4, 0.5) is 10.1 Å². The predicted octanol–water partition coefficient (Wildman–Crippen LogP) is 1.90. The van der Waals surface area contributed by atoms with Crippen LogP contribution in [0.3, 0.4) is 0 Å². The lowest BCUT2D eigenvalue weighted by Crippen LogP contribution is -2.29. The first-order chi connectivity index (χ1) is 9.99. The molecule has 0 aliphatic carbocycles. The summed E-state index contributed by atoms with van der Waals surface area (Å²) < 4.78 is 13.0. The van der Waals surface area contributed by atoms with Crippen molar-refractivity contribution < 1.29 is 14.0 Å². The van der Waals surface area contributed by atoms with E-state index in [0.717, 1.165) is 11.8 Å². The Morgan fingerprint density at radius 3 is 2.57 bits per heavy atom. The number of anilines is 1. The maximum atomic E-state index is 13.0. The fourth-order valence-electron chi connectivity index (χ4n) is 1.95. The molecule has 108 valence electrons. The molecule has 0 radical (unpaired) electrons. The Bertz CT molecular complexity index is 664. The summed E-state index contributed by atoms with van der Waals surface area (Å²) in [6, 6.07) is 6.99. The molecule has 7 heteroatoms. The summed E-state index contributed by atoms with van der Waals surface area (Å²) in [4.78, 5) is 25.0. The molecule has 1 aromatic rings. The molecule has 0 bridgehead atoms. The number of amides is 2. The van der Waals surface area contributed by atoms with Crippen LogP contribution >= 0.6 is 11.8 Å². The lowest BCUT2D eigenvalue weighted by Gasteiger charge is -2.18. The molecular weight excluding hydrogens is 293 g/mol. The van der Waals surface area contributed by atoms with Crippen molar-refractivity contribution in [1.29, 1.82) is 5.26 Å². The number of rotatable bonds is 3. The topological polar surface area (TPSA) is 87.2 Å². The van der Waals surface area contributed by atoms with Gasteiger partial charge in [0.1, 0.15) is 22.5 Å². The van der Waals surface area contributed by atoms with E-state index in [-0.39, 0.29) is 16.5 Å². The van der Waals surface area contributed by atoms with Gasteiger partial charge in [0, 0.05) is 5.69 Å². The van der Waals surface area contributed by atoms with E-state index in [0.29, 0.717) is 12.1 Å². The molecule has 0 saturated carbocycles. The minimum Gasteiger partial charge on any atom is -0.365 e. The molecule has 1 atom stereocenters. The second-order valence-corrected chi connectivity index (χ2v) is 5.51. The van der Waals surface area contributed by atoms with Crippen LogP contribution in [0.15, 0.2) is 34.9 Å². The van der Waals surface area contributed by atoms with Gasteiger partial charge in [-0.15, -0.1) is 0 Å².